The topological polar surface area (TPSA) is 77.5 Å². The highest BCUT2D eigenvalue weighted by molar-refractivity contribution is 6.30. The van der Waals surface area contributed by atoms with E-state index >= 15 is 0 Å². The summed E-state index contributed by atoms with van der Waals surface area (Å²) >= 11 is 6.00. The summed E-state index contributed by atoms with van der Waals surface area (Å²) in [6.45, 7) is 7.10. The molecule has 0 aliphatic rings. The van der Waals surface area contributed by atoms with Crippen molar-refractivity contribution in [1.29, 1.82) is 0 Å². The van der Waals surface area contributed by atoms with Gasteiger partial charge in [0.15, 0.2) is 0 Å². The van der Waals surface area contributed by atoms with E-state index in [9.17, 15) is 18.4 Å². The molecule has 34 heavy (non-hydrogen) atoms. The van der Waals surface area contributed by atoms with Crippen LogP contribution < -0.4 is 10.1 Å². The number of nitrogens with zero attached hydrogens (tertiary/aromatic N) is 1. The van der Waals surface area contributed by atoms with Crippen LogP contribution in [0.15, 0.2) is 54.7 Å². The first-order valence-corrected chi connectivity index (χ1v) is 10.7. The molecule has 6 nitrogen and oxygen atoms in total. The zero-order valence-corrected chi connectivity index (χ0v) is 19.7. The molecule has 0 fully saturated rings. The Morgan fingerprint density at radius 2 is 1.65 bits per heavy atom. The Kier molecular flexibility index (Phi) is 7.51. The first-order chi connectivity index (χ1) is 15.9. The molecule has 0 saturated heterocycles. The molecule has 0 aliphatic carbocycles. The third-order valence-electron chi connectivity index (χ3n) is 4.51. The number of hydrogen-bond donors (Lipinski definition) is 1. The lowest BCUT2D eigenvalue weighted by Crippen LogP contribution is -2.27. The molecule has 1 N–H and O–H groups in total. The Hall–Kier alpha value is -3.52. The molecule has 0 radical (unpaired) electrons. The first kappa shape index (κ1) is 25.1. The molecule has 2 aromatic carbocycles. The van der Waals surface area contributed by atoms with Crippen LogP contribution in [-0.2, 0) is 4.74 Å². The molecule has 0 saturated carbocycles. The van der Waals surface area contributed by atoms with Gasteiger partial charge in [-0.25, -0.2) is 18.6 Å². The van der Waals surface area contributed by atoms with Crippen molar-refractivity contribution in [1.82, 2.24) is 10.3 Å². The maximum Gasteiger partial charge on any atom is 0.338 e. The molecule has 1 atom stereocenters. The van der Waals surface area contributed by atoms with Crippen LogP contribution in [0.2, 0.25) is 5.02 Å². The highest BCUT2D eigenvalue weighted by Crippen LogP contribution is 2.27. The Morgan fingerprint density at radius 1 is 1.03 bits per heavy atom. The maximum absolute atomic E-state index is 13.5. The largest absolute Gasteiger partial charge is 0.456 e. The van der Waals surface area contributed by atoms with Crippen LogP contribution in [-0.4, -0.2) is 22.5 Å². The monoisotopic (exact) mass is 488 g/mol. The fraction of sp³-hybridized carbons (Fsp3) is 0.240. The quantitative estimate of drug-likeness (QED) is 0.415. The van der Waals surface area contributed by atoms with E-state index in [2.05, 4.69) is 10.3 Å². The Bertz CT molecular complexity index is 1190. The smallest absolute Gasteiger partial charge is 0.338 e. The number of amides is 1. The van der Waals surface area contributed by atoms with Crippen LogP contribution in [0.5, 0.6) is 11.6 Å². The predicted octanol–water partition coefficient (Wildman–Crippen LogP) is 6.25. The van der Waals surface area contributed by atoms with E-state index in [1.54, 1.807) is 52.0 Å². The molecule has 3 rings (SSSR count). The summed E-state index contributed by atoms with van der Waals surface area (Å²) < 4.78 is 37.8. The van der Waals surface area contributed by atoms with Crippen molar-refractivity contribution in [3.63, 3.8) is 0 Å². The van der Waals surface area contributed by atoms with Gasteiger partial charge in [0.1, 0.15) is 28.5 Å². The summed E-state index contributed by atoms with van der Waals surface area (Å²) in [7, 11) is 0. The van der Waals surface area contributed by atoms with Crippen molar-refractivity contribution in [3.8, 4) is 11.6 Å². The zero-order chi connectivity index (χ0) is 25.0. The van der Waals surface area contributed by atoms with Crippen molar-refractivity contribution in [2.45, 2.75) is 39.3 Å². The number of nitrogens with one attached hydrogen (secondary N) is 1. The van der Waals surface area contributed by atoms with Crippen LogP contribution in [0.25, 0.3) is 0 Å². The van der Waals surface area contributed by atoms with E-state index in [4.69, 9.17) is 21.1 Å². The lowest BCUT2D eigenvalue weighted by atomic mass is 10.1. The lowest BCUT2D eigenvalue weighted by molar-refractivity contribution is 0.00693. The van der Waals surface area contributed by atoms with Crippen LogP contribution in [0.4, 0.5) is 8.78 Å². The number of halogens is 3. The average Bonchev–Trinajstić information content (AvgIpc) is 2.73. The number of carbonyl (C=O) groups is 2. The molecule has 1 amide bonds. The highest BCUT2D eigenvalue weighted by atomic mass is 35.5. The molecule has 0 unspecified atom stereocenters. The van der Waals surface area contributed by atoms with E-state index < -0.39 is 35.2 Å². The van der Waals surface area contributed by atoms with Gasteiger partial charge < -0.3 is 14.8 Å². The molecular formula is C25H23ClF2N2O4. The molecule has 0 bridgehead atoms. The van der Waals surface area contributed by atoms with Gasteiger partial charge in [-0.05, 0) is 51.5 Å². The third kappa shape index (κ3) is 6.74. The Balaban J connectivity index is 1.76. The van der Waals surface area contributed by atoms with Crippen molar-refractivity contribution < 1.29 is 27.8 Å². The number of ether oxygens (including phenoxy) is 2. The lowest BCUT2D eigenvalue weighted by Gasteiger charge is -2.20. The minimum Gasteiger partial charge on any atom is -0.456 e. The number of rotatable bonds is 6. The summed E-state index contributed by atoms with van der Waals surface area (Å²) in [5.74, 6) is -3.01. The first-order valence-electron chi connectivity index (χ1n) is 10.3. The number of esters is 1. The van der Waals surface area contributed by atoms with E-state index in [0.29, 0.717) is 11.6 Å². The molecule has 3 aromatic rings. The molecule has 178 valence electrons. The molecule has 0 aliphatic heterocycles. The minimum absolute atomic E-state index is 0.0191. The number of benzene rings is 2. The van der Waals surface area contributed by atoms with Gasteiger partial charge in [-0.3, -0.25) is 4.79 Å². The van der Waals surface area contributed by atoms with Gasteiger partial charge >= 0.3 is 5.97 Å². The summed E-state index contributed by atoms with van der Waals surface area (Å²) in [6.07, 6.45) is 1.25. The zero-order valence-electron chi connectivity index (χ0n) is 19.0. The van der Waals surface area contributed by atoms with Gasteiger partial charge in [0.05, 0.1) is 16.6 Å². The van der Waals surface area contributed by atoms with Crippen molar-refractivity contribution in [2.24, 2.45) is 0 Å². The van der Waals surface area contributed by atoms with Gasteiger partial charge in [0, 0.05) is 24.4 Å². The maximum atomic E-state index is 13.5. The van der Waals surface area contributed by atoms with Gasteiger partial charge in [-0.15, -0.1) is 0 Å². The molecular weight excluding hydrogens is 466 g/mol. The second kappa shape index (κ2) is 10.2. The number of aromatic nitrogens is 1. The molecule has 9 heteroatoms. The van der Waals surface area contributed by atoms with Crippen LogP contribution in [0.1, 0.15) is 60.0 Å². The Morgan fingerprint density at radius 3 is 2.24 bits per heavy atom. The SMILES string of the molecule is C[C@H](NC(=O)c1cc(Cl)cnc1Oc1cc(F)cc(F)c1)c1ccc(C(=O)OC(C)(C)C)cc1. The van der Waals surface area contributed by atoms with Crippen LogP contribution in [0, 0.1) is 11.6 Å². The van der Waals surface area contributed by atoms with Crippen LogP contribution >= 0.6 is 11.6 Å². The van der Waals surface area contributed by atoms with Gasteiger partial charge in [-0.1, -0.05) is 23.7 Å². The van der Waals surface area contributed by atoms with Crippen LogP contribution in [0.3, 0.4) is 0 Å². The summed E-state index contributed by atoms with van der Waals surface area (Å²) in [5, 5.41) is 2.97. The fourth-order valence-electron chi connectivity index (χ4n) is 2.97. The minimum atomic E-state index is -0.835. The predicted molar refractivity (Wildman–Crippen MR) is 123 cm³/mol. The fourth-order valence-corrected chi connectivity index (χ4v) is 3.13. The molecule has 0 spiro atoms. The van der Waals surface area contributed by atoms with Crippen molar-refractivity contribution in [2.75, 3.05) is 0 Å². The molecule has 1 aromatic heterocycles. The number of hydrogen-bond acceptors (Lipinski definition) is 5. The van der Waals surface area contributed by atoms with Gasteiger partial charge in [-0.2, -0.15) is 0 Å². The van der Waals surface area contributed by atoms with E-state index in [0.717, 1.165) is 17.7 Å². The second-order valence-corrected chi connectivity index (χ2v) is 8.97. The highest BCUT2D eigenvalue weighted by Gasteiger charge is 2.21. The van der Waals surface area contributed by atoms with E-state index in [1.165, 1.54) is 12.3 Å². The standard InChI is InChI=1S/C25H23ClF2N2O4/c1-14(15-5-7-16(8-6-15)24(32)34-25(2,3)4)30-22(31)21-9-17(26)13-29-23(21)33-20-11-18(27)10-19(28)12-20/h5-14H,1-4H3,(H,30,31)/t14-/m0/s1. The van der Waals surface area contributed by atoms with E-state index in [1.807, 2.05) is 0 Å². The molecule has 1 heterocycles. The third-order valence-corrected chi connectivity index (χ3v) is 4.71. The Labute approximate surface area is 200 Å². The average molecular weight is 489 g/mol. The normalized spacial score (nSPS) is 12.1. The van der Waals surface area contributed by atoms with Crippen molar-refractivity contribution >= 4 is 23.5 Å². The van der Waals surface area contributed by atoms with E-state index in [-0.39, 0.29) is 22.2 Å². The number of carbonyl (C=O) groups excluding carboxylic acids is 2. The van der Waals surface area contributed by atoms with Gasteiger partial charge in [0.25, 0.3) is 5.91 Å². The summed E-state index contributed by atoms with van der Waals surface area (Å²) in [4.78, 5) is 29.1. The van der Waals surface area contributed by atoms with Gasteiger partial charge in [0.2, 0.25) is 5.88 Å². The van der Waals surface area contributed by atoms with Crippen molar-refractivity contribution in [3.05, 3.63) is 88.1 Å². The number of pyridine rings is 1. The summed E-state index contributed by atoms with van der Waals surface area (Å²) in [6, 6.07) is 10.1. The summed E-state index contributed by atoms with van der Waals surface area (Å²) in [5.41, 5.74) is 0.480. The second-order valence-electron chi connectivity index (χ2n) is 8.53.